The Morgan fingerprint density at radius 3 is 2.43 bits per heavy atom. The van der Waals surface area contributed by atoms with Crippen molar-refractivity contribution in [2.45, 2.75) is 13.3 Å². The summed E-state index contributed by atoms with van der Waals surface area (Å²) in [6.07, 6.45) is 0.913. The normalized spacial score (nSPS) is 11.4. The highest BCUT2D eigenvalue weighted by Crippen LogP contribution is 2.07. The van der Waals surface area contributed by atoms with Gasteiger partial charge in [-0.2, -0.15) is 0 Å². The third-order valence-corrected chi connectivity index (χ3v) is 2.15. The van der Waals surface area contributed by atoms with Crippen molar-refractivity contribution in [3.05, 3.63) is 35.4 Å². The molecule has 0 aliphatic rings. The summed E-state index contributed by atoms with van der Waals surface area (Å²) in [6.45, 7) is 2.03. The van der Waals surface area contributed by atoms with Crippen molar-refractivity contribution >= 4 is 22.6 Å². The average molecular weight is 212 g/mol. The van der Waals surface area contributed by atoms with E-state index in [2.05, 4.69) is 5.16 Å². The van der Waals surface area contributed by atoms with Gasteiger partial charge >= 0.3 is 0 Å². The molecular weight excluding hydrogens is 202 g/mol. The maximum Gasteiger partial charge on any atom is 0.226 e. The fraction of sp³-hybridized carbons (Fsp3) is 0.200. The maximum absolute atomic E-state index is 11.4. The SMILES string of the molecule is CCc1ccc(C(=O)/C(Cl)=N/O)cc1. The van der Waals surface area contributed by atoms with Crippen LogP contribution >= 0.6 is 11.6 Å². The molecular formula is C10H10ClNO2. The van der Waals surface area contributed by atoms with Crippen LogP contribution in [0.15, 0.2) is 29.4 Å². The predicted octanol–water partition coefficient (Wildman–Crippen LogP) is 2.46. The first-order valence-electron chi connectivity index (χ1n) is 4.20. The highest BCUT2D eigenvalue weighted by molar-refractivity contribution is 6.84. The molecule has 3 nitrogen and oxygen atoms in total. The van der Waals surface area contributed by atoms with Crippen molar-refractivity contribution in [3.8, 4) is 0 Å². The van der Waals surface area contributed by atoms with Crippen LogP contribution in [0.2, 0.25) is 0 Å². The van der Waals surface area contributed by atoms with Crippen LogP contribution in [-0.4, -0.2) is 16.2 Å². The Bertz CT molecular complexity index is 357. The molecule has 0 bridgehead atoms. The molecule has 0 atom stereocenters. The Kier molecular flexibility index (Phi) is 3.65. The van der Waals surface area contributed by atoms with E-state index in [9.17, 15) is 4.79 Å². The number of hydrogen-bond donors (Lipinski definition) is 1. The Labute approximate surface area is 87.0 Å². The fourth-order valence-electron chi connectivity index (χ4n) is 1.06. The molecule has 74 valence electrons. The van der Waals surface area contributed by atoms with Gasteiger partial charge in [-0.3, -0.25) is 4.79 Å². The van der Waals surface area contributed by atoms with Crippen molar-refractivity contribution in [3.63, 3.8) is 0 Å². The number of carbonyl (C=O) groups excluding carboxylic acids is 1. The maximum atomic E-state index is 11.4. The number of aryl methyl sites for hydroxylation is 1. The summed E-state index contributed by atoms with van der Waals surface area (Å²) < 4.78 is 0. The molecule has 0 unspecified atom stereocenters. The molecule has 4 heteroatoms. The van der Waals surface area contributed by atoms with E-state index in [1.807, 2.05) is 19.1 Å². The largest absolute Gasteiger partial charge is 0.410 e. The van der Waals surface area contributed by atoms with Crippen molar-refractivity contribution in [2.75, 3.05) is 0 Å². The van der Waals surface area contributed by atoms with Crippen LogP contribution < -0.4 is 0 Å². The molecule has 1 aromatic rings. The van der Waals surface area contributed by atoms with E-state index in [1.54, 1.807) is 12.1 Å². The second-order valence-corrected chi connectivity index (χ2v) is 3.13. The number of rotatable bonds is 3. The first kappa shape index (κ1) is 10.7. The summed E-state index contributed by atoms with van der Waals surface area (Å²) in [5.74, 6) is -0.475. The van der Waals surface area contributed by atoms with Crippen molar-refractivity contribution in [1.82, 2.24) is 0 Å². The minimum absolute atomic E-state index is 0.421. The van der Waals surface area contributed by atoms with Gasteiger partial charge in [-0.05, 0) is 12.0 Å². The van der Waals surface area contributed by atoms with Gasteiger partial charge in [0.25, 0.3) is 0 Å². The summed E-state index contributed by atoms with van der Waals surface area (Å²) in [5.41, 5.74) is 1.56. The van der Waals surface area contributed by atoms with Crippen molar-refractivity contribution in [2.24, 2.45) is 5.16 Å². The average Bonchev–Trinajstić information content (AvgIpc) is 2.27. The summed E-state index contributed by atoms with van der Waals surface area (Å²) in [5, 5.41) is 10.5. The Balaban J connectivity index is 2.92. The zero-order chi connectivity index (χ0) is 10.6. The summed E-state index contributed by atoms with van der Waals surface area (Å²) in [4.78, 5) is 11.4. The fourth-order valence-corrected chi connectivity index (χ4v) is 1.17. The van der Waals surface area contributed by atoms with Crippen LogP contribution in [0.3, 0.4) is 0 Å². The lowest BCUT2D eigenvalue weighted by molar-refractivity contribution is 0.106. The summed E-state index contributed by atoms with van der Waals surface area (Å²) in [7, 11) is 0. The van der Waals surface area contributed by atoms with Crippen LogP contribution in [0, 0.1) is 0 Å². The molecule has 0 saturated heterocycles. The molecule has 1 rings (SSSR count). The first-order valence-corrected chi connectivity index (χ1v) is 4.58. The lowest BCUT2D eigenvalue weighted by Gasteiger charge is -1.99. The number of nitrogens with zero attached hydrogens (tertiary/aromatic N) is 1. The second-order valence-electron chi connectivity index (χ2n) is 2.77. The molecule has 0 saturated carbocycles. The van der Waals surface area contributed by atoms with E-state index in [0.717, 1.165) is 12.0 Å². The summed E-state index contributed by atoms with van der Waals surface area (Å²) >= 11 is 5.37. The minimum Gasteiger partial charge on any atom is -0.410 e. The minimum atomic E-state index is -0.475. The number of carbonyl (C=O) groups is 1. The zero-order valence-electron chi connectivity index (χ0n) is 7.70. The van der Waals surface area contributed by atoms with Crippen LogP contribution in [0.25, 0.3) is 0 Å². The quantitative estimate of drug-likeness (QED) is 0.361. The van der Waals surface area contributed by atoms with E-state index in [4.69, 9.17) is 16.8 Å². The standard InChI is InChI=1S/C10H10ClNO2/c1-2-7-3-5-8(6-4-7)9(13)10(11)12-14/h3-6,14H,2H2,1H3/b12-10-. The number of halogens is 1. The van der Waals surface area contributed by atoms with E-state index in [-0.39, 0.29) is 0 Å². The zero-order valence-corrected chi connectivity index (χ0v) is 8.45. The Morgan fingerprint density at radius 1 is 1.43 bits per heavy atom. The Hall–Kier alpha value is -1.35. The number of Topliss-reactive ketones (excluding diaryl/α,β-unsaturated/α-hetero) is 1. The second kappa shape index (κ2) is 4.77. The smallest absolute Gasteiger partial charge is 0.226 e. The topological polar surface area (TPSA) is 49.7 Å². The predicted molar refractivity (Wildman–Crippen MR) is 55.2 cm³/mol. The van der Waals surface area contributed by atoms with Gasteiger partial charge in [0.15, 0.2) is 0 Å². The molecule has 0 spiro atoms. The molecule has 0 amide bonds. The molecule has 0 heterocycles. The van der Waals surface area contributed by atoms with Crippen molar-refractivity contribution < 1.29 is 10.0 Å². The summed E-state index contributed by atoms with van der Waals surface area (Å²) in [6, 6.07) is 7.01. The monoisotopic (exact) mass is 211 g/mol. The number of ketones is 1. The van der Waals surface area contributed by atoms with Crippen LogP contribution in [0.4, 0.5) is 0 Å². The van der Waals surface area contributed by atoms with Gasteiger partial charge in [0.2, 0.25) is 11.0 Å². The molecule has 0 aliphatic carbocycles. The lowest BCUT2D eigenvalue weighted by atomic mass is 10.1. The number of hydrogen-bond acceptors (Lipinski definition) is 3. The first-order chi connectivity index (χ1) is 6.69. The van der Waals surface area contributed by atoms with Gasteiger partial charge in [-0.25, -0.2) is 0 Å². The molecule has 0 aromatic heterocycles. The van der Waals surface area contributed by atoms with Gasteiger partial charge in [0, 0.05) is 5.56 Å². The van der Waals surface area contributed by atoms with E-state index >= 15 is 0 Å². The number of oxime groups is 1. The molecule has 14 heavy (non-hydrogen) atoms. The highest BCUT2D eigenvalue weighted by atomic mass is 35.5. The van der Waals surface area contributed by atoms with Gasteiger partial charge < -0.3 is 5.21 Å². The molecule has 0 aliphatic heterocycles. The van der Waals surface area contributed by atoms with Gasteiger partial charge in [0.05, 0.1) is 0 Å². The Morgan fingerprint density at radius 2 is 2.00 bits per heavy atom. The van der Waals surface area contributed by atoms with Crippen LogP contribution in [-0.2, 0) is 6.42 Å². The highest BCUT2D eigenvalue weighted by Gasteiger charge is 2.11. The molecule has 0 fully saturated rings. The van der Waals surface area contributed by atoms with E-state index in [0.29, 0.717) is 5.56 Å². The van der Waals surface area contributed by atoms with Gasteiger partial charge in [0.1, 0.15) is 0 Å². The molecule has 1 aromatic carbocycles. The van der Waals surface area contributed by atoms with E-state index in [1.165, 1.54) is 0 Å². The van der Waals surface area contributed by atoms with Crippen LogP contribution in [0.1, 0.15) is 22.8 Å². The van der Waals surface area contributed by atoms with Gasteiger partial charge in [-0.1, -0.05) is 47.9 Å². The lowest BCUT2D eigenvalue weighted by Crippen LogP contribution is -2.07. The third kappa shape index (κ3) is 2.33. The van der Waals surface area contributed by atoms with Crippen LogP contribution in [0.5, 0.6) is 0 Å². The van der Waals surface area contributed by atoms with E-state index < -0.39 is 11.0 Å². The number of benzene rings is 1. The molecule has 1 N–H and O–H groups in total. The third-order valence-electron chi connectivity index (χ3n) is 1.90. The molecule has 0 radical (unpaired) electrons. The van der Waals surface area contributed by atoms with Gasteiger partial charge in [-0.15, -0.1) is 0 Å². The van der Waals surface area contributed by atoms with Crippen molar-refractivity contribution in [1.29, 1.82) is 0 Å².